The highest BCUT2D eigenvalue weighted by atomic mass is 16.1. The summed E-state index contributed by atoms with van der Waals surface area (Å²) >= 11 is 0. The predicted molar refractivity (Wildman–Crippen MR) is 54.6 cm³/mol. The number of aryl methyl sites for hydroxylation is 2. The maximum atomic E-state index is 11.8. The molecule has 2 rings (SSSR count). The lowest BCUT2D eigenvalue weighted by atomic mass is 10.2. The molecule has 6 nitrogen and oxygen atoms in total. The summed E-state index contributed by atoms with van der Waals surface area (Å²) in [6.07, 6.45) is 3.16. The Morgan fingerprint density at radius 2 is 2.27 bits per heavy atom. The van der Waals surface area contributed by atoms with Gasteiger partial charge in [0.1, 0.15) is 0 Å². The topological polar surface area (TPSA) is 86.5 Å². The summed E-state index contributed by atoms with van der Waals surface area (Å²) in [7, 11) is 0. The number of aromatic amines is 2. The average Bonchev–Trinajstić information content (AvgIpc) is 2.77. The fourth-order valence-corrected chi connectivity index (χ4v) is 1.40. The van der Waals surface area contributed by atoms with Gasteiger partial charge in [0, 0.05) is 11.9 Å². The molecule has 15 heavy (non-hydrogen) atoms. The van der Waals surface area contributed by atoms with Gasteiger partial charge in [-0.15, -0.1) is 0 Å². The molecule has 0 unspecified atom stereocenters. The van der Waals surface area contributed by atoms with Crippen LogP contribution in [0.15, 0.2) is 12.4 Å². The number of anilines is 1. The summed E-state index contributed by atoms with van der Waals surface area (Å²) < 4.78 is 0. The minimum absolute atomic E-state index is 0.180. The lowest BCUT2D eigenvalue weighted by molar-refractivity contribution is 0.102. The van der Waals surface area contributed by atoms with E-state index in [0.717, 1.165) is 5.69 Å². The highest BCUT2D eigenvalue weighted by molar-refractivity contribution is 6.05. The highest BCUT2D eigenvalue weighted by Crippen LogP contribution is 2.12. The van der Waals surface area contributed by atoms with Gasteiger partial charge < -0.3 is 5.32 Å². The second kappa shape index (κ2) is 3.56. The van der Waals surface area contributed by atoms with Crippen LogP contribution >= 0.6 is 0 Å². The number of nitrogens with zero attached hydrogens (tertiary/aromatic N) is 2. The van der Waals surface area contributed by atoms with Crippen molar-refractivity contribution in [3.63, 3.8) is 0 Å². The Morgan fingerprint density at radius 1 is 1.47 bits per heavy atom. The molecule has 0 spiro atoms. The Kier molecular flexibility index (Phi) is 2.24. The van der Waals surface area contributed by atoms with Crippen LogP contribution in [0.3, 0.4) is 0 Å². The Hall–Kier alpha value is -2.11. The van der Waals surface area contributed by atoms with E-state index in [1.165, 1.54) is 0 Å². The van der Waals surface area contributed by atoms with Crippen molar-refractivity contribution in [2.24, 2.45) is 0 Å². The molecule has 0 radical (unpaired) electrons. The van der Waals surface area contributed by atoms with Gasteiger partial charge in [-0.3, -0.25) is 15.0 Å². The zero-order chi connectivity index (χ0) is 10.8. The number of hydrogen-bond acceptors (Lipinski definition) is 3. The van der Waals surface area contributed by atoms with Gasteiger partial charge in [0.05, 0.1) is 23.1 Å². The van der Waals surface area contributed by atoms with Crippen LogP contribution in [0.25, 0.3) is 0 Å². The number of aromatic nitrogens is 4. The van der Waals surface area contributed by atoms with E-state index >= 15 is 0 Å². The van der Waals surface area contributed by atoms with Crippen LogP contribution in [0.5, 0.6) is 0 Å². The van der Waals surface area contributed by atoms with Crippen molar-refractivity contribution in [2.75, 3.05) is 5.32 Å². The number of carbonyl (C=O) groups excluding carboxylic acids is 1. The van der Waals surface area contributed by atoms with Crippen LogP contribution in [-0.4, -0.2) is 26.3 Å². The largest absolute Gasteiger partial charge is 0.319 e. The second-order valence-electron chi connectivity index (χ2n) is 3.25. The number of hydrogen-bond donors (Lipinski definition) is 3. The molecule has 0 bridgehead atoms. The van der Waals surface area contributed by atoms with Gasteiger partial charge >= 0.3 is 0 Å². The Morgan fingerprint density at radius 3 is 2.80 bits per heavy atom. The lowest BCUT2D eigenvalue weighted by Crippen LogP contribution is -2.13. The molecule has 78 valence electrons. The molecule has 0 aromatic carbocycles. The fraction of sp³-hybridized carbons (Fsp3) is 0.222. The molecule has 6 heteroatoms. The average molecular weight is 205 g/mol. The summed E-state index contributed by atoms with van der Waals surface area (Å²) in [5.74, 6) is -0.180. The van der Waals surface area contributed by atoms with Crippen molar-refractivity contribution in [3.05, 3.63) is 29.3 Å². The van der Waals surface area contributed by atoms with E-state index in [-0.39, 0.29) is 5.91 Å². The van der Waals surface area contributed by atoms with Gasteiger partial charge in [-0.2, -0.15) is 10.2 Å². The Bertz CT molecular complexity index is 451. The van der Waals surface area contributed by atoms with Gasteiger partial charge in [-0.1, -0.05) is 0 Å². The van der Waals surface area contributed by atoms with Crippen LogP contribution in [-0.2, 0) is 0 Å². The summed E-state index contributed by atoms with van der Waals surface area (Å²) in [4.78, 5) is 11.8. The third-order valence-electron chi connectivity index (χ3n) is 2.11. The van der Waals surface area contributed by atoms with Crippen molar-refractivity contribution >= 4 is 11.6 Å². The molecule has 2 heterocycles. The van der Waals surface area contributed by atoms with Crippen molar-refractivity contribution in [2.45, 2.75) is 13.8 Å². The maximum Gasteiger partial charge on any atom is 0.259 e. The third kappa shape index (κ3) is 1.74. The first-order valence-corrected chi connectivity index (χ1v) is 4.50. The molecule has 0 aliphatic heterocycles. The molecule has 3 N–H and O–H groups in total. The van der Waals surface area contributed by atoms with Gasteiger partial charge in [-0.25, -0.2) is 0 Å². The van der Waals surface area contributed by atoms with Crippen molar-refractivity contribution in [1.29, 1.82) is 0 Å². The molecule has 0 aliphatic rings. The molecule has 0 fully saturated rings. The summed E-state index contributed by atoms with van der Waals surface area (Å²) in [5.41, 5.74) is 2.66. The molecule has 0 aliphatic carbocycles. The monoisotopic (exact) mass is 205 g/mol. The quantitative estimate of drug-likeness (QED) is 0.683. The summed E-state index contributed by atoms with van der Waals surface area (Å²) in [5, 5.41) is 15.8. The standard InChI is InChI=1S/C9H11N5O/c1-5-8(6(2)14-13-5)9(15)12-7-3-10-11-4-7/h3-4H,1-2H3,(H,10,11)(H,12,15)(H,13,14). The van der Waals surface area contributed by atoms with Crippen molar-refractivity contribution in [1.82, 2.24) is 20.4 Å². The maximum absolute atomic E-state index is 11.8. The summed E-state index contributed by atoms with van der Waals surface area (Å²) in [6.45, 7) is 3.60. The molecule has 0 saturated heterocycles. The third-order valence-corrected chi connectivity index (χ3v) is 2.11. The van der Waals surface area contributed by atoms with Crippen molar-refractivity contribution in [3.8, 4) is 0 Å². The minimum atomic E-state index is -0.180. The van der Waals surface area contributed by atoms with Gasteiger partial charge in [0.15, 0.2) is 0 Å². The molecular weight excluding hydrogens is 194 g/mol. The van der Waals surface area contributed by atoms with Gasteiger partial charge in [-0.05, 0) is 13.8 Å². The molecule has 2 aromatic rings. The van der Waals surface area contributed by atoms with E-state index in [2.05, 4.69) is 25.7 Å². The van der Waals surface area contributed by atoms with E-state index in [0.29, 0.717) is 16.9 Å². The molecule has 0 atom stereocenters. The number of amides is 1. The first-order valence-electron chi connectivity index (χ1n) is 4.50. The first-order chi connectivity index (χ1) is 7.18. The van der Waals surface area contributed by atoms with Crippen LogP contribution in [0.4, 0.5) is 5.69 Å². The molecule has 1 amide bonds. The molecular formula is C9H11N5O. The summed E-state index contributed by atoms with van der Waals surface area (Å²) in [6, 6.07) is 0. The number of carbonyl (C=O) groups is 1. The van der Waals surface area contributed by atoms with Gasteiger partial charge in [0.25, 0.3) is 5.91 Å². The Balaban J connectivity index is 2.22. The van der Waals surface area contributed by atoms with E-state index < -0.39 is 0 Å². The highest BCUT2D eigenvalue weighted by Gasteiger charge is 2.15. The lowest BCUT2D eigenvalue weighted by Gasteiger charge is -2.01. The van der Waals surface area contributed by atoms with Crippen LogP contribution in [0, 0.1) is 13.8 Å². The second-order valence-corrected chi connectivity index (χ2v) is 3.25. The zero-order valence-corrected chi connectivity index (χ0v) is 8.46. The van der Waals surface area contributed by atoms with E-state index in [9.17, 15) is 4.79 Å². The zero-order valence-electron chi connectivity index (χ0n) is 8.46. The Labute approximate surface area is 86.1 Å². The van der Waals surface area contributed by atoms with E-state index in [1.54, 1.807) is 19.3 Å². The molecule has 2 aromatic heterocycles. The minimum Gasteiger partial charge on any atom is -0.319 e. The normalized spacial score (nSPS) is 10.3. The van der Waals surface area contributed by atoms with E-state index in [1.807, 2.05) is 6.92 Å². The fourth-order valence-electron chi connectivity index (χ4n) is 1.40. The van der Waals surface area contributed by atoms with Crippen LogP contribution < -0.4 is 5.32 Å². The van der Waals surface area contributed by atoms with Crippen LogP contribution in [0.2, 0.25) is 0 Å². The number of rotatable bonds is 2. The number of H-pyrrole nitrogens is 2. The smallest absolute Gasteiger partial charge is 0.259 e. The van der Waals surface area contributed by atoms with Gasteiger partial charge in [0.2, 0.25) is 0 Å². The number of nitrogens with one attached hydrogen (secondary N) is 3. The SMILES string of the molecule is Cc1n[nH]c(C)c1C(=O)Nc1cn[nH]c1. The van der Waals surface area contributed by atoms with Crippen molar-refractivity contribution < 1.29 is 4.79 Å². The predicted octanol–water partition coefficient (Wildman–Crippen LogP) is 1.00. The first kappa shape index (κ1) is 9.45. The van der Waals surface area contributed by atoms with E-state index in [4.69, 9.17) is 0 Å². The van der Waals surface area contributed by atoms with Crippen LogP contribution in [0.1, 0.15) is 21.7 Å². The molecule has 0 saturated carbocycles.